The van der Waals surface area contributed by atoms with Crippen LogP contribution in [0.1, 0.15) is 17.5 Å². The average Bonchev–Trinajstić information content (AvgIpc) is 2.37. The van der Waals surface area contributed by atoms with Crippen LogP contribution in [-0.2, 0) is 17.6 Å². The molecule has 0 saturated carbocycles. The summed E-state index contributed by atoms with van der Waals surface area (Å²) in [7, 11) is 3.34. The summed E-state index contributed by atoms with van der Waals surface area (Å²) in [6.07, 6.45) is 2.51. The van der Waals surface area contributed by atoms with E-state index in [0.29, 0.717) is 0 Å². The summed E-state index contributed by atoms with van der Waals surface area (Å²) in [5.74, 6) is 0.895. The fourth-order valence-electron chi connectivity index (χ4n) is 2.38. The molecule has 0 saturated heterocycles. The Balaban J connectivity index is 2.37. The van der Waals surface area contributed by atoms with Gasteiger partial charge in [-0.15, -0.1) is 0 Å². The van der Waals surface area contributed by atoms with Gasteiger partial charge in [0.2, 0.25) is 0 Å². The van der Waals surface area contributed by atoms with Crippen LogP contribution >= 0.6 is 0 Å². The normalized spacial score (nSPS) is 23.9. The maximum atomic E-state index is 9.46. The van der Waals surface area contributed by atoms with Crippen molar-refractivity contribution in [3.05, 3.63) is 29.3 Å². The summed E-state index contributed by atoms with van der Waals surface area (Å²) in [4.78, 5) is 0. The molecule has 1 aliphatic rings. The van der Waals surface area contributed by atoms with Gasteiger partial charge in [-0.3, -0.25) is 0 Å². The Hall–Kier alpha value is -1.06. The smallest absolute Gasteiger partial charge is 0.122 e. The summed E-state index contributed by atoms with van der Waals surface area (Å²) >= 11 is 0. The molecule has 0 aromatic heterocycles. The van der Waals surface area contributed by atoms with E-state index in [2.05, 4.69) is 6.07 Å². The summed E-state index contributed by atoms with van der Waals surface area (Å²) in [5, 5.41) is 9.46. The number of methoxy groups -OCH3 is 2. The van der Waals surface area contributed by atoms with E-state index in [1.807, 2.05) is 12.1 Å². The van der Waals surface area contributed by atoms with E-state index in [1.54, 1.807) is 14.2 Å². The predicted molar refractivity (Wildman–Crippen MR) is 61.8 cm³/mol. The van der Waals surface area contributed by atoms with Gasteiger partial charge >= 0.3 is 0 Å². The average molecular weight is 222 g/mol. The molecule has 1 N–H and O–H groups in total. The predicted octanol–water partition coefficient (Wildman–Crippen LogP) is 1.56. The van der Waals surface area contributed by atoms with Crippen molar-refractivity contribution < 1.29 is 14.6 Å². The van der Waals surface area contributed by atoms with E-state index < -0.39 is 5.60 Å². The highest BCUT2D eigenvalue weighted by atomic mass is 16.5. The van der Waals surface area contributed by atoms with E-state index in [0.717, 1.165) is 25.0 Å². The highest BCUT2D eigenvalue weighted by Gasteiger charge is 2.35. The van der Waals surface area contributed by atoms with Gasteiger partial charge < -0.3 is 14.6 Å². The van der Waals surface area contributed by atoms with Crippen LogP contribution in [0, 0.1) is 0 Å². The lowest BCUT2D eigenvalue weighted by Crippen LogP contribution is -2.41. The minimum absolute atomic E-state index is 0.0565. The van der Waals surface area contributed by atoms with Crippen LogP contribution in [0.5, 0.6) is 5.75 Å². The third-order valence-electron chi connectivity index (χ3n) is 3.52. The summed E-state index contributed by atoms with van der Waals surface area (Å²) in [5.41, 5.74) is 2.05. The van der Waals surface area contributed by atoms with Crippen LogP contribution in [-0.4, -0.2) is 31.5 Å². The second-order valence-corrected chi connectivity index (χ2v) is 4.32. The molecule has 3 heteroatoms. The SMILES string of the molecule is COc1cccc2c1CC(CO)(OC)CC2. The molecular formula is C13H18O3. The number of benzene rings is 1. The van der Waals surface area contributed by atoms with Crippen LogP contribution < -0.4 is 4.74 Å². The largest absolute Gasteiger partial charge is 0.496 e. The molecule has 16 heavy (non-hydrogen) atoms. The van der Waals surface area contributed by atoms with Crippen molar-refractivity contribution in [3.63, 3.8) is 0 Å². The van der Waals surface area contributed by atoms with Gasteiger partial charge in [-0.25, -0.2) is 0 Å². The Morgan fingerprint density at radius 3 is 2.81 bits per heavy atom. The Morgan fingerprint density at radius 2 is 2.19 bits per heavy atom. The first kappa shape index (κ1) is 11.4. The molecule has 1 atom stereocenters. The molecule has 0 spiro atoms. The number of rotatable bonds is 3. The number of aliphatic hydroxyl groups excluding tert-OH is 1. The van der Waals surface area contributed by atoms with Crippen molar-refractivity contribution in [1.29, 1.82) is 0 Å². The van der Waals surface area contributed by atoms with Crippen LogP contribution in [0.2, 0.25) is 0 Å². The molecule has 88 valence electrons. The number of hydrogen-bond acceptors (Lipinski definition) is 3. The minimum Gasteiger partial charge on any atom is -0.496 e. The topological polar surface area (TPSA) is 38.7 Å². The second kappa shape index (κ2) is 4.44. The van der Waals surface area contributed by atoms with Gasteiger partial charge in [-0.2, -0.15) is 0 Å². The molecule has 3 nitrogen and oxygen atoms in total. The van der Waals surface area contributed by atoms with Gasteiger partial charge in [-0.1, -0.05) is 12.1 Å². The van der Waals surface area contributed by atoms with Crippen molar-refractivity contribution in [2.75, 3.05) is 20.8 Å². The van der Waals surface area contributed by atoms with Crippen molar-refractivity contribution in [1.82, 2.24) is 0 Å². The molecule has 0 radical (unpaired) electrons. The molecular weight excluding hydrogens is 204 g/mol. The molecule has 0 heterocycles. The molecule has 0 bridgehead atoms. The number of ether oxygens (including phenoxy) is 2. The van der Waals surface area contributed by atoms with Crippen molar-refractivity contribution in [3.8, 4) is 5.75 Å². The maximum Gasteiger partial charge on any atom is 0.122 e. The maximum absolute atomic E-state index is 9.46. The van der Waals surface area contributed by atoms with Gasteiger partial charge in [0.05, 0.1) is 19.3 Å². The third-order valence-corrected chi connectivity index (χ3v) is 3.52. The van der Waals surface area contributed by atoms with Crippen LogP contribution in [0.3, 0.4) is 0 Å². The Bertz CT molecular complexity index is 355. The molecule has 0 amide bonds. The summed E-state index contributed by atoms with van der Waals surface area (Å²) in [6, 6.07) is 6.09. The first-order chi connectivity index (χ1) is 7.74. The van der Waals surface area contributed by atoms with E-state index in [-0.39, 0.29) is 6.61 Å². The number of aryl methyl sites for hydroxylation is 1. The molecule has 1 unspecified atom stereocenters. The Kier molecular flexibility index (Phi) is 3.17. The van der Waals surface area contributed by atoms with Gasteiger partial charge in [0, 0.05) is 19.1 Å². The van der Waals surface area contributed by atoms with Gasteiger partial charge in [0.15, 0.2) is 0 Å². The zero-order chi connectivity index (χ0) is 11.6. The highest BCUT2D eigenvalue weighted by Crippen LogP contribution is 2.35. The minimum atomic E-state index is -0.429. The molecule has 0 aliphatic heterocycles. The van der Waals surface area contributed by atoms with Crippen LogP contribution in [0.4, 0.5) is 0 Å². The quantitative estimate of drug-likeness (QED) is 0.843. The number of hydrogen-bond donors (Lipinski definition) is 1. The van der Waals surface area contributed by atoms with Gasteiger partial charge in [0.25, 0.3) is 0 Å². The fraction of sp³-hybridized carbons (Fsp3) is 0.538. The summed E-state index contributed by atoms with van der Waals surface area (Å²) in [6.45, 7) is 0.0565. The third kappa shape index (κ3) is 1.81. The first-order valence-corrected chi connectivity index (χ1v) is 5.55. The highest BCUT2D eigenvalue weighted by molar-refractivity contribution is 5.43. The lowest BCUT2D eigenvalue weighted by Gasteiger charge is -2.36. The Labute approximate surface area is 96.0 Å². The van der Waals surface area contributed by atoms with Crippen molar-refractivity contribution in [2.45, 2.75) is 24.9 Å². The molecule has 1 aromatic carbocycles. The Morgan fingerprint density at radius 1 is 1.38 bits per heavy atom. The number of fused-ring (bicyclic) bond motifs is 1. The zero-order valence-electron chi connectivity index (χ0n) is 9.82. The van der Waals surface area contributed by atoms with Crippen LogP contribution in [0.25, 0.3) is 0 Å². The fourth-order valence-corrected chi connectivity index (χ4v) is 2.38. The number of aliphatic hydroxyl groups is 1. The van der Waals surface area contributed by atoms with Crippen molar-refractivity contribution in [2.24, 2.45) is 0 Å². The molecule has 1 aromatic rings. The monoisotopic (exact) mass is 222 g/mol. The molecule has 0 fully saturated rings. The zero-order valence-corrected chi connectivity index (χ0v) is 9.82. The second-order valence-electron chi connectivity index (χ2n) is 4.32. The van der Waals surface area contributed by atoms with Gasteiger partial charge in [0.1, 0.15) is 5.75 Å². The van der Waals surface area contributed by atoms with E-state index >= 15 is 0 Å². The first-order valence-electron chi connectivity index (χ1n) is 5.55. The van der Waals surface area contributed by atoms with E-state index in [4.69, 9.17) is 9.47 Å². The van der Waals surface area contributed by atoms with Crippen molar-refractivity contribution >= 4 is 0 Å². The molecule has 2 rings (SSSR count). The van der Waals surface area contributed by atoms with Crippen LogP contribution in [0.15, 0.2) is 18.2 Å². The van der Waals surface area contributed by atoms with E-state index in [1.165, 1.54) is 11.1 Å². The lowest BCUT2D eigenvalue weighted by atomic mass is 9.80. The lowest BCUT2D eigenvalue weighted by molar-refractivity contribution is -0.0610. The summed E-state index contributed by atoms with van der Waals surface area (Å²) < 4.78 is 10.8. The van der Waals surface area contributed by atoms with Gasteiger partial charge in [-0.05, 0) is 24.5 Å². The van der Waals surface area contributed by atoms with E-state index in [9.17, 15) is 5.11 Å². The standard InChI is InChI=1S/C13H18O3/c1-15-12-5-3-4-10-6-7-13(9-14,16-2)8-11(10)12/h3-5,14H,6-9H2,1-2H3. The molecule has 1 aliphatic carbocycles.